The fourth-order valence-electron chi connectivity index (χ4n) is 3.82. The lowest BCUT2D eigenvalue weighted by Gasteiger charge is -2.33. The summed E-state index contributed by atoms with van der Waals surface area (Å²) in [5.74, 6) is -2.19. The number of benzene rings is 2. The van der Waals surface area contributed by atoms with Crippen LogP contribution in [0.4, 0.5) is 19.3 Å². The molecule has 8 nitrogen and oxygen atoms in total. The molecule has 2 aromatic carbocycles. The van der Waals surface area contributed by atoms with E-state index in [0.717, 1.165) is 29.2 Å². The van der Waals surface area contributed by atoms with Crippen molar-refractivity contribution in [3.63, 3.8) is 0 Å². The third-order valence-corrected chi connectivity index (χ3v) is 6.89. The number of urea groups is 1. The Morgan fingerprint density at radius 1 is 1.22 bits per heavy atom. The van der Waals surface area contributed by atoms with Crippen LogP contribution in [0.15, 0.2) is 41.2 Å². The fraction of sp³-hybridized carbons (Fsp3) is 0.190. The number of pyridine rings is 1. The van der Waals surface area contributed by atoms with Crippen molar-refractivity contribution in [1.29, 1.82) is 5.26 Å². The van der Waals surface area contributed by atoms with E-state index in [9.17, 15) is 26.8 Å². The van der Waals surface area contributed by atoms with Gasteiger partial charge in [0, 0.05) is 24.0 Å². The third-order valence-electron chi connectivity index (χ3n) is 5.34. The van der Waals surface area contributed by atoms with E-state index in [4.69, 9.17) is 5.26 Å². The highest BCUT2D eigenvalue weighted by atomic mass is 32.2. The molecule has 1 aliphatic rings. The molecule has 32 heavy (non-hydrogen) atoms. The van der Waals surface area contributed by atoms with Gasteiger partial charge in [0.15, 0.2) is 9.84 Å². The van der Waals surface area contributed by atoms with Gasteiger partial charge in [-0.2, -0.15) is 5.26 Å². The average molecular weight is 458 g/mol. The van der Waals surface area contributed by atoms with Gasteiger partial charge < -0.3 is 15.2 Å². The van der Waals surface area contributed by atoms with Gasteiger partial charge in [-0.3, -0.25) is 4.79 Å². The zero-order valence-electron chi connectivity index (χ0n) is 16.6. The number of H-pyrrole nitrogens is 1. The second kappa shape index (κ2) is 7.72. The monoisotopic (exact) mass is 458 g/mol. The second-order valence-corrected chi connectivity index (χ2v) is 9.56. The van der Waals surface area contributed by atoms with Gasteiger partial charge in [-0.25, -0.2) is 22.0 Å². The number of halogens is 2. The second-order valence-electron chi connectivity index (χ2n) is 7.45. The molecule has 0 spiro atoms. The Morgan fingerprint density at radius 3 is 2.69 bits per heavy atom. The summed E-state index contributed by atoms with van der Waals surface area (Å²) < 4.78 is 52.3. The quantitative estimate of drug-likeness (QED) is 0.611. The molecule has 164 valence electrons. The molecule has 0 radical (unpaired) electrons. The van der Waals surface area contributed by atoms with Crippen LogP contribution >= 0.6 is 0 Å². The Balaban J connectivity index is 1.78. The Hall–Kier alpha value is -3.78. The fourth-order valence-corrected chi connectivity index (χ4v) is 5.47. The number of aromatic nitrogens is 1. The first-order valence-electron chi connectivity index (χ1n) is 9.38. The first-order valence-corrected chi connectivity index (χ1v) is 11.2. The molecule has 1 unspecified atom stereocenters. The van der Waals surface area contributed by atoms with Crippen LogP contribution in [-0.4, -0.2) is 37.1 Å². The molecule has 0 fully saturated rings. The van der Waals surface area contributed by atoms with E-state index < -0.39 is 50.6 Å². The number of nitrogens with zero attached hydrogens (tertiary/aromatic N) is 2. The Labute approximate surface area is 181 Å². The van der Waals surface area contributed by atoms with Gasteiger partial charge in [0.1, 0.15) is 17.7 Å². The van der Waals surface area contributed by atoms with Crippen LogP contribution in [0.25, 0.3) is 10.8 Å². The SMILES string of the molecule is CN(C(=O)Nc1ccc(F)c(C#N)c1)C1CS(=O)(=O)Cc2[nH]c(=O)c3cc(F)ccc3c21. The number of nitriles is 1. The number of rotatable bonds is 2. The van der Waals surface area contributed by atoms with E-state index >= 15 is 0 Å². The average Bonchev–Trinajstić information content (AvgIpc) is 2.73. The van der Waals surface area contributed by atoms with Crippen molar-refractivity contribution in [2.75, 3.05) is 18.1 Å². The summed E-state index contributed by atoms with van der Waals surface area (Å²) in [6.45, 7) is 0. The zero-order chi connectivity index (χ0) is 23.2. The highest BCUT2D eigenvalue weighted by Gasteiger charge is 2.36. The third kappa shape index (κ3) is 3.80. The number of nitrogens with one attached hydrogen (secondary N) is 2. The number of hydrogen-bond acceptors (Lipinski definition) is 5. The van der Waals surface area contributed by atoms with Crippen LogP contribution < -0.4 is 10.9 Å². The molecule has 2 amide bonds. The molecule has 0 saturated heterocycles. The van der Waals surface area contributed by atoms with Gasteiger partial charge in [-0.05, 0) is 35.7 Å². The van der Waals surface area contributed by atoms with Crippen molar-refractivity contribution in [1.82, 2.24) is 9.88 Å². The Bertz CT molecular complexity index is 1480. The van der Waals surface area contributed by atoms with E-state index in [1.165, 1.54) is 19.2 Å². The zero-order valence-corrected chi connectivity index (χ0v) is 17.5. The minimum atomic E-state index is -3.67. The molecule has 0 aliphatic carbocycles. The normalized spacial score (nSPS) is 16.8. The van der Waals surface area contributed by atoms with E-state index in [1.807, 2.05) is 0 Å². The van der Waals surface area contributed by atoms with Gasteiger partial charge in [-0.15, -0.1) is 0 Å². The summed E-state index contributed by atoms with van der Waals surface area (Å²) in [5.41, 5.74) is -0.201. The predicted molar refractivity (Wildman–Crippen MR) is 113 cm³/mol. The predicted octanol–water partition coefficient (Wildman–Crippen LogP) is 2.81. The molecule has 3 aromatic rings. The molecule has 0 saturated carbocycles. The Kier molecular flexibility index (Phi) is 5.18. The molecule has 2 heterocycles. The summed E-state index contributed by atoms with van der Waals surface area (Å²) >= 11 is 0. The molecule has 4 rings (SSSR count). The van der Waals surface area contributed by atoms with Gasteiger partial charge in [0.05, 0.1) is 28.5 Å². The first kappa shape index (κ1) is 21.5. The molecule has 2 N–H and O–H groups in total. The number of carbonyl (C=O) groups is 1. The highest BCUT2D eigenvalue weighted by Crippen LogP contribution is 2.35. The molecule has 1 atom stereocenters. The maximum absolute atomic E-state index is 13.7. The van der Waals surface area contributed by atoms with E-state index in [0.29, 0.717) is 10.9 Å². The van der Waals surface area contributed by atoms with Crippen LogP contribution in [0.3, 0.4) is 0 Å². The maximum Gasteiger partial charge on any atom is 0.322 e. The lowest BCUT2D eigenvalue weighted by atomic mass is 9.97. The number of sulfone groups is 1. The van der Waals surface area contributed by atoms with Gasteiger partial charge in [0.2, 0.25) is 0 Å². The largest absolute Gasteiger partial charge is 0.324 e. The number of amides is 2. The number of carbonyl (C=O) groups excluding carboxylic acids is 1. The number of aromatic amines is 1. The van der Waals surface area contributed by atoms with E-state index in [2.05, 4.69) is 10.3 Å². The lowest BCUT2D eigenvalue weighted by molar-refractivity contribution is 0.208. The number of anilines is 1. The number of fused-ring (bicyclic) bond motifs is 3. The van der Waals surface area contributed by atoms with Crippen LogP contribution in [0, 0.1) is 23.0 Å². The maximum atomic E-state index is 13.7. The van der Waals surface area contributed by atoms with Gasteiger partial charge >= 0.3 is 6.03 Å². The van der Waals surface area contributed by atoms with Gasteiger partial charge in [0.25, 0.3) is 5.56 Å². The van der Waals surface area contributed by atoms with Crippen molar-refractivity contribution in [2.45, 2.75) is 11.8 Å². The first-order chi connectivity index (χ1) is 15.1. The molecular formula is C21H16F2N4O4S. The standard InChI is InChI=1S/C21H16F2N4O4S/c1-27(21(29)25-13-3-5-16(23)11(6-13)8-24)18-10-32(30,31)9-17-19(18)14-4-2-12(22)7-15(14)20(28)26-17/h2-7,18H,9-10H2,1H3,(H,25,29)(H,26,28). The van der Waals surface area contributed by atoms with Crippen molar-refractivity contribution in [2.24, 2.45) is 0 Å². The highest BCUT2D eigenvalue weighted by molar-refractivity contribution is 7.90. The summed E-state index contributed by atoms with van der Waals surface area (Å²) in [5, 5.41) is 11.9. The summed E-state index contributed by atoms with van der Waals surface area (Å²) in [6.07, 6.45) is 0. The van der Waals surface area contributed by atoms with Crippen molar-refractivity contribution in [3.8, 4) is 6.07 Å². The van der Waals surface area contributed by atoms with Gasteiger partial charge in [-0.1, -0.05) is 6.07 Å². The van der Waals surface area contributed by atoms with Crippen LogP contribution in [0.1, 0.15) is 22.9 Å². The van der Waals surface area contributed by atoms with Crippen LogP contribution in [0.2, 0.25) is 0 Å². The summed E-state index contributed by atoms with van der Waals surface area (Å²) in [4.78, 5) is 28.9. The molecule has 11 heteroatoms. The van der Waals surface area contributed by atoms with Crippen molar-refractivity contribution in [3.05, 3.63) is 75.2 Å². The summed E-state index contributed by atoms with van der Waals surface area (Å²) in [7, 11) is -2.29. The Morgan fingerprint density at radius 2 is 1.97 bits per heavy atom. The smallest absolute Gasteiger partial charge is 0.322 e. The molecule has 1 aromatic heterocycles. The van der Waals surface area contributed by atoms with Crippen molar-refractivity contribution >= 4 is 32.3 Å². The molecular weight excluding hydrogens is 442 g/mol. The minimum Gasteiger partial charge on any atom is -0.324 e. The number of hydrogen-bond donors (Lipinski definition) is 2. The molecule has 0 bridgehead atoms. The summed E-state index contributed by atoms with van der Waals surface area (Å²) in [6, 6.07) is 7.02. The van der Waals surface area contributed by atoms with Crippen LogP contribution in [-0.2, 0) is 15.6 Å². The van der Waals surface area contributed by atoms with Crippen LogP contribution in [0.5, 0.6) is 0 Å². The van der Waals surface area contributed by atoms with Crippen molar-refractivity contribution < 1.29 is 22.0 Å². The molecule has 1 aliphatic heterocycles. The van der Waals surface area contributed by atoms with E-state index in [-0.39, 0.29) is 22.3 Å². The van der Waals surface area contributed by atoms with E-state index in [1.54, 1.807) is 6.07 Å². The lowest BCUT2D eigenvalue weighted by Crippen LogP contribution is -2.41. The topological polar surface area (TPSA) is 123 Å². The minimum absolute atomic E-state index is 0.0408.